The summed E-state index contributed by atoms with van der Waals surface area (Å²) < 4.78 is 10.2. The van der Waals surface area contributed by atoms with Gasteiger partial charge in [0.15, 0.2) is 4.34 Å². The minimum absolute atomic E-state index is 0.156. The molecule has 0 aliphatic rings. The molecule has 2 aromatic carbocycles. The van der Waals surface area contributed by atoms with Crippen molar-refractivity contribution >= 4 is 55.9 Å². The Hall–Kier alpha value is -1.83. The van der Waals surface area contributed by atoms with E-state index in [9.17, 15) is 4.79 Å². The number of hydrogen-bond donors (Lipinski definition) is 0. The molecule has 0 amide bonds. The summed E-state index contributed by atoms with van der Waals surface area (Å²) in [5, 5.41) is 0.687. The fourth-order valence-corrected chi connectivity index (χ4v) is 4.66. The van der Waals surface area contributed by atoms with Crippen molar-refractivity contribution in [2.45, 2.75) is 10.1 Å². The molecule has 4 nitrogen and oxygen atoms in total. The number of nitrogens with zero attached hydrogens (tertiary/aromatic N) is 3. The van der Waals surface area contributed by atoms with Crippen LogP contribution in [-0.2, 0) is 5.75 Å². The van der Waals surface area contributed by atoms with Crippen molar-refractivity contribution in [2.75, 3.05) is 0 Å². The lowest BCUT2D eigenvalue weighted by molar-refractivity contribution is 1.17. The zero-order chi connectivity index (χ0) is 14.9. The van der Waals surface area contributed by atoms with Crippen molar-refractivity contribution in [3.05, 3.63) is 58.4 Å². The van der Waals surface area contributed by atoms with Gasteiger partial charge in [-0.15, -0.1) is 11.3 Å². The molecule has 108 valence electrons. The Labute approximate surface area is 138 Å². The van der Waals surface area contributed by atoms with Crippen molar-refractivity contribution in [3.8, 4) is 0 Å². The van der Waals surface area contributed by atoms with E-state index < -0.39 is 0 Å². The highest BCUT2D eigenvalue weighted by Gasteiger charge is 2.06. The molecule has 0 spiro atoms. The molecular weight excluding hydrogens is 334 g/mol. The highest BCUT2D eigenvalue weighted by molar-refractivity contribution is 8.00. The van der Waals surface area contributed by atoms with Crippen LogP contribution in [-0.4, -0.2) is 13.7 Å². The van der Waals surface area contributed by atoms with Crippen molar-refractivity contribution in [1.29, 1.82) is 0 Å². The molecule has 0 radical (unpaired) electrons. The first kappa shape index (κ1) is 13.8. The molecule has 0 N–H and O–H groups in total. The SMILES string of the molecule is O=c1nc(SCc2ccc3nsnc3c2)sc2ccccc12. The van der Waals surface area contributed by atoms with E-state index in [0.717, 1.165) is 31.4 Å². The van der Waals surface area contributed by atoms with Gasteiger partial charge in [0, 0.05) is 10.5 Å². The monoisotopic (exact) mass is 343 g/mol. The van der Waals surface area contributed by atoms with Gasteiger partial charge in [0.1, 0.15) is 11.0 Å². The van der Waals surface area contributed by atoms with Gasteiger partial charge in [0.25, 0.3) is 5.56 Å². The van der Waals surface area contributed by atoms with Crippen molar-refractivity contribution in [1.82, 2.24) is 13.7 Å². The molecule has 0 aliphatic heterocycles. The minimum Gasteiger partial charge on any atom is -0.267 e. The van der Waals surface area contributed by atoms with Gasteiger partial charge in [-0.1, -0.05) is 30.0 Å². The lowest BCUT2D eigenvalue weighted by atomic mass is 10.2. The van der Waals surface area contributed by atoms with Gasteiger partial charge in [-0.2, -0.15) is 13.7 Å². The molecule has 2 heterocycles. The Morgan fingerprint density at radius 2 is 1.91 bits per heavy atom. The topological polar surface area (TPSA) is 55.7 Å². The molecule has 4 aromatic rings. The molecule has 0 atom stereocenters. The van der Waals surface area contributed by atoms with E-state index in [1.165, 1.54) is 11.7 Å². The van der Waals surface area contributed by atoms with Crippen LogP contribution < -0.4 is 5.56 Å². The summed E-state index contributed by atoms with van der Waals surface area (Å²) in [5.41, 5.74) is 2.84. The maximum atomic E-state index is 12.0. The smallest absolute Gasteiger partial charge is 0.267 e. The number of hydrogen-bond acceptors (Lipinski definition) is 7. The number of thioether (sulfide) groups is 1. The van der Waals surface area contributed by atoms with E-state index in [4.69, 9.17) is 0 Å². The van der Waals surface area contributed by atoms with Crippen molar-refractivity contribution in [2.24, 2.45) is 0 Å². The fourth-order valence-electron chi connectivity index (χ4n) is 2.12. The van der Waals surface area contributed by atoms with E-state index in [0.29, 0.717) is 5.39 Å². The zero-order valence-corrected chi connectivity index (χ0v) is 13.7. The minimum atomic E-state index is -0.156. The third-order valence-corrected chi connectivity index (χ3v) is 6.01. The average Bonchev–Trinajstić information content (AvgIpc) is 3.00. The standard InChI is InChI=1S/C15H9N3OS3/c19-14-10-3-1-2-4-13(10)21-15(16-14)20-8-9-5-6-11-12(7-9)18-22-17-11/h1-7H,8H2. The van der Waals surface area contributed by atoms with Crippen molar-refractivity contribution in [3.63, 3.8) is 0 Å². The van der Waals surface area contributed by atoms with Crippen LogP contribution in [0.25, 0.3) is 21.1 Å². The molecule has 2 aromatic heterocycles. The van der Waals surface area contributed by atoms with E-state index in [1.807, 2.05) is 42.5 Å². The van der Waals surface area contributed by atoms with Gasteiger partial charge in [-0.3, -0.25) is 4.79 Å². The van der Waals surface area contributed by atoms with Gasteiger partial charge < -0.3 is 0 Å². The first-order chi connectivity index (χ1) is 10.8. The summed E-state index contributed by atoms with van der Waals surface area (Å²) in [6, 6.07) is 13.6. The van der Waals surface area contributed by atoms with Crippen LogP contribution >= 0.6 is 34.8 Å². The Bertz CT molecular complexity index is 1030. The highest BCUT2D eigenvalue weighted by Crippen LogP contribution is 2.28. The van der Waals surface area contributed by atoms with Crippen LogP contribution in [0.2, 0.25) is 0 Å². The van der Waals surface area contributed by atoms with Crippen LogP contribution in [0, 0.1) is 0 Å². The normalized spacial score (nSPS) is 11.3. The van der Waals surface area contributed by atoms with Crippen LogP contribution in [0.15, 0.2) is 51.6 Å². The Balaban J connectivity index is 1.62. The molecule has 0 saturated heterocycles. The maximum Gasteiger partial charge on any atom is 0.280 e. The number of fused-ring (bicyclic) bond motifs is 2. The van der Waals surface area contributed by atoms with Crippen molar-refractivity contribution < 1.29 is 0 Å². The van der Waals surface area contributed by atoms with Gasteiger partial charge in [0.05, 0.1) is 17.1 Å². The molecule has 7 heteroatoms. The van der Waals surface area contributed by atoms with Crippen LogP contribution in [0.1, 0.15) is 5.56 Å². The summed E-state index contributed by atoms with van der Waals surface area (Å²) in [7, 11) is 0. The van der Waals surface area contributed by atoms with Gasteiger partial charge >= 0.3 is 0 Å². The summed E-state index contributed by atoms with van der Waals surface area (Å²) in [6.45, 7) is 0. The average molecular weight is 343 g/mol. The third-order valence-electron chi connectivity index (χ3n) is 3.19. The Morgan fingerprint density at radius 1 is 1.05 bits per heavy atom. The van der Waals surface area contributed by atoms with E-state index >= 15 is 0 Å². The number of aromatic nitrogens is 3. The van der Waals surface area contributed by atoms with E-state index in [2.05, 4.69) is 13.7 Å². The van der Waals surface area contributed by atoms with Gasteiger partial charge in [-0.05, 0) is 29.8 Å². The largest absolute Gasteiger partial charge is 0.280 e. The second-order valence-corrected chi connectivity index (χ2v) is 7.44. The molecular formula is C15H9N3OS3. The van der Waals surface area contributed by atoms with Crippen LogP contribution in [0.4, 0.5) is 0 Å². The molecule has 0 saturated carbocycles. The first-order valence-electron chi connectivity index (χ1n) is 6.53. The molecule has 0 bridgehead atoms. The summed E-state index contributed by atoms with van der Waals surface area (Å²) in [5.74, 6) is 0.759. The molecule has 0 unspecified atom stereocenters. The summed E-state index contributed by atoms with van der Waals surface area (Å²) in [6.07, 6.45) is 0. The zero-order valence-electron chi connectivity index (χ0n) is 11.2. The first-order valence-corrected chi connectivity index (χ1v) is 9.07. The third kappa shape index (κ3) is 2.63. The molecule has 22 heavy (non-hydrogen) atoms. The lowest BCUT2D eigenvalue weighted by Gasteiger charge is -2.02. The van der Waals surface area contributed by atoms with Crippen LogP contribution in [0.3, 0.4) is 0 Å². The molecule has 0 aliphatic carbocycles. The van der Waals surface area contributed by atoms with E-state index in [1.54, 1.807) is 23.1 Å². The van der Waals surface area contributed by atoms with Gasteiger partial charge in [0.2, 0.25) is 0 Å². The highest BCUT2D eigenvalue weighted by atomic mass is 32.2. The lowest BCUT2D eigenvalue weighted by Crippen LogP contribution is -2.05. The van der Waals surface area contributed by atoms with E-state index in [-0.39, 0.29) is 5.56 Å². The second-order valence-electron chi connectivity index (χ2n) is 4.66. The Kier molecular flexibility index (Phi) is 3.61. The maximum absolute atomic E-state index is 12.0. The van der Waals surface area contributed by atoms with Crippen LogP contribution in [0.5, 0.6) is 0 Å². The molecule has 4 rings (SSSR count). The van der Waals surface area contributed by atoms with Gasteiger partial charge in [-0.25, -0.2) is 0 Å². The predicted octanol–water partition coefficient (Wildman–Crippen LogP) is 3.95. The summed E-state index contributed by atoms with van der Waals surface area (Å²) in [4.78, 5) is 16.2. The second kappa shape index (κ2) is 5.75. The summed E-state index contributed by atoms with van der Waals surface area (Å²) >= 11 is 4.35. The number of benzene rings is 2. The predicted molar refractivity (Wildman–Crippen MR) is 92.9 cm³/mol. The molecule has 0 fully saturated rings. The Morgan fingerprint density at radius 3 is 2.86 bits per heavy atom. The fraction of sp³-hybridized carbons (Fsp3) is 0.0667. The number of rotatable bonds is 3. The quantitative estimate of drug-likeness (QED) is 0.527.